The number of carboxylic acid groups (broad SMARTS) is 1. The zero-order chi connectivity index (χ0) is 13.8. The van der Waals surface area contributed by atoms with Gasteiger partial charge in [-0.3, -0.25) is 0 Å². The van der Waals surface area contributed by atoms with Gasteiger partial charge in [-0.05, 0) is 24.3 Å². The number of ether oxygens (including phenoxy) is 1. The Hall–Kier alpha value is -2.08. The summed E-state index contributed by atoms with van der Waals surface area (Å²) in [4.78, 5) is 15.6. The lowest BCUT2D eigenvalue weighted by Gasteiger charge is -2.04. The largest absolute Gasteiger partial charge is 0.481 e. The van der Waals surface area contributed by atoms with Crippen molar-refractivity contribution in [1.29, 1.82) is 0 Å². The average Bonchev–Trinajstić information content (AvgIpc) is 2.41. The number of pyridine rings is 1. The van der Waals surface area contributed by atoms with Gasteiger partial charge in [-0.15, -0.1) is 0 Å². The van der Waals surface area contributed by atoms with Gasteiger partial charge in [0.25, 0.3) is 0 Å². The van der Waals surface area contributed by atoms with Crippen LogP contribution in [0.4, 0.5) is 4.39 Å². The van der Waals surface area contributed by atoms with E-state index in [0.29, 0.717) is 15.8 Å². The topological polar surface area (TPSA) is 59.4 Å². The molecule has 0 spiro atoms. The van der Waals surface area contributed by atoms with Crippen molar-refractivity contribution in [3.05, 3.63) is 47.8 Å². The Bertz CT molecular complexity index is 619. The van der Waals surface area contributed by atoms with Crippen LogP contribution in [-0.4, -0.2) is 23.2 Å². The first-order chi connectivity index (χ1) is 9.10. The van der Waals surface area contributed by atoms with E-state index in [9.17, 15) is 9.18 Å². The van der Waals surface area contributed by atoms with Gasteiger partial charge in [0.05, 0.1) is 12.7 Å². The molecule has 0 bridgehead atoms. The third-order valence-electron chi connectivity index (χ3n) is 2.30. The Labute approximate surface area is 113 Å². The van der Waals surface area contributed by atoms with Crippen molar-refractivity contribution in [3.8, 4) is 5.88 Å². The van der Waals surface area contributed by atoms with Crippen molar-refractivity contribution < 1.29 is 19.0 Å². The lowest BCUT2D eigenvalue weighted by molar-refractivity contribution is 0.0691. The first-order valence-corrected chi connectivity index (χ1v) is 6.13. The van der Waals surface area contributed by atoms with E-state index < -0.39 is 11.8 Å². The molecule has 19 heavy (non-hydrogen) atoms. The van der Waals surface area contributed by atoms with Crippen molar-refractivity contribution >= 4 is 17.7 Å². The molecule has 0 saturated heterocycles. The monoisotopic (exact) mass is 279 g/mol. The van der Waals surface area contributed by atoms with Crippen LogP contribution in [0.1, 0.15) is 10.4 Å². The molecule has 0 aliphatic heterocycles. The Morgan fingerprint density at radius 3 is 2.84 bits per heavy atom. The molecule has 0 aliphatic rings. The number of aromatic carboxylic acids is 1. The lowest BCUT2D eigenvalue weighted by atomic mass is 10.2. The summed E-state index contributed by atoms with van der Waals surface area (Å²) in [6.07, 6.45) is 0. The molecule has 0 amide bonds. The minimum Gasteiger partial charge on any atom is -0.481 e. The molecule has 0 aliphatic carbocycles. The summed E-state index contributed by atoms with van der Waals surface area (Å²) in [7, 11) is 1.51. The van der Waals surface area contributed by atoms with E-state index in [2.05, 4.69) is 4.98 Å². The highest BCUT2D eigenvalue weighted by Gasteiger charge is 2.11. The van der Waals surface area contributed by atoms with Crippen LogP contribution in [0.25, 0.3) is 0 Å². The van der Waals surface area contributed by atoms with Crippen LogP contribution in [0, 0.1) is 5.82 Å². The molecule has 98 valence electrons. The Balaban J connectivity index is 2.28. The highest BCUT2D eigenvalue weighted by atomic mass is 32.2. The van der Waals surface area contributed by atoms with Crippen LogP contribution in [-0.2, 0) is 0 Å². The number of methoxy groups -OCH3 is 1. The standard InChI is InChI=1S/C13H10FNO3S/c1-18-11-3-2-4-12(15-11)19-8-5-6-10(14)9(7-8)13(16)17/h2-7H,1H3,(H,16,17). The predicted octanol–water partition coefficient (Wildman–Crippen LogP) is 3.08. The van der Waals surface area contributed by atoms with Crippen molar-refractivity contribution in [1.82, 2.24) is 4.98 Å². The number of hydrogen-bond acceptors (Lipinski definition) is 4. The quantitative estimate of drug-likeness (QED) is 0.932. The third kappa shape index (κ3) is 3.23. The maximum Gasteiger partial charge on any atom is 0.338 e. The van der Waals surface area contributed by atoms with E-state index in [4.69, 9.17) is 9.84 Å². The van der Waals surface area contributed by atoms with Gasteiger partial charge < -0.3 is 9.84 Å². The molecule has 6 heteroatoms. The second kappa shape index (κ2) is 5.71. The van der Waals surface area contributed by atoms with E-state index in [-0.39, 0.29) is 5.56 Å². The smallest absolute Gasteiger partial charge is 0.338 e. The first-order valence-electron chi connectivity index (χ1n) is 5.32. The highest BCUT2D eigenvalue weighted by Crippen LogP contribution is 2.28. The molecule has 1 aromatic heterocycles. The predicted molar refractivity (Wildman–Crippen MR) is 68.3 cm³/mol. The van der Waals surface area contributed by atoms with E-state index in [1.54, 1.807) is 18.2 Å². The summed E-state index contributed by atoms with van der Waals surface area (Å²) in [6, 6.07) is 9.16. The number of nitrogens with zero attached hydrogens (tertiary/aromatic N) is 1. The number of halogens is 1. The normalized spacial score (nSPS) is 10.2. The lowest BCUT2D eigenvalue weighted by Crippen LogP contribution is -2.00. The van der Waals surface area contributed by atoms with Gasteiger partial charge >= 0.3 is 5.97 Å². The van der Waals surface area contributed by atoms with E-state index in [1.165, 1.54) is 31.0 Å². The fourth-order valence-corrected chi connectivity index (χ4v) is 2.26. The molecular formula is C13H10FNO3S. The number of aromatic nitrogens is 1. The zero-order valence-corrected chi connectivity index (χ0v) is 10.8. The van der Waals surface area contributed by atoms with Crippen LogP contribution in [0.2, 0.25) is 0 Å². The average molecular weight is 279 g/mol. The maximum atomic E-state index is 13.3. The van der Waals surface area contributed by atoms with Crippen molar-refractivity contribution in [3.63, 3.8) is 0 Å². The second-order valence-corrected chi connectivity index (χ2v) is 4.66. The minimum absolute atomic E-state index is 0.354. The van der Waals surface area contributed by atoms with Crippen LogP contribution in [0.3, 0.4) is 0 Å². The number of hydrogen-bond donors (Lipinski definition) is 1. The van der Waals surface area contributed by atoms with Gasteiger partial charge in [0.15, 0.2) is 0 Å². The van der Waals surface area contributed by atoms with Crippen LogP contribution in [0.15, 0.2) is 46.3 Å². The van der Waals surface area contributed by atoms with Crippen molar-refractivity contribution in [2.75, 3.05) is 7.11 Å². The van der Waals surface area contributed by atoms with Gasteiger partial charge in [0.1, 0.15) is 10.8 Å². The number of carbonyl (C=O) groups is 1. The number of benzene rings is 1. The van der Waals surface area contributed by atoms with E-state index in [1.807, 2.05) is 0 Å². The molecule has 0 saturated carbocycles. The molecular weight excluding hydrogens is 269 g/mol. The fraction of sp³-hybridized carbons (Fsp3) is 0.0769. The van der Waals surface area contributed by atoms with Gasteiger partial charge in [0.2, 0.25) is 5.88 Å². The summed E-state index contributed by atoms with van der Waals surface area (Å²) in [6.45, 7) is 0. The summed E-state index contributed by atoms with van der Waals surface area (Å²) < 4.78 is 18.2. The van der Waals surface area contributed by atoms with Crippen molar-refractivity contribution in [2.45, 2.75) is 9.92 Å². The Kier molecular flexibility index (Phi) is 4.01. The van der Waals surface area contributed by atoms with Gasteiger partial charge in [-0.25, -0.2) is 14.2 Å². The third-order valence-corrected chi connectivity index (χ3v) is 3.22. The van der Waals surface area contributed by atoms with Crippen molar-refractivity contribution in [2.24, 2.45) is 0 Å². The fourth-order valence-electron chi connectivity index (χ4n) is 1.42. The molecule has 2 aromatic rings. The summed E-state index contributed by atoms with van der Waals surface area (Å²) >= 11 is 1.24. The van der Waals surface area contributed by atoms with Gasteiger partial charge in [-0.1, -0.05) is 17.8 Å². The molecule has 4 nitrogen and oxygen atoms in total. The molecule has 1 N–H and O–H groups in total. The first kappa shape index (κ1) is 13.4. The molecule has 1 heterocycles. The van der Waals surface area contributed by atoms with Crippen LogP contribution >= 0.6 is 11.8 Å². The minimum atomic E-state index is -1.29. The molecule has 0 fully saturated rings. The second-order valence-electron chi connectivity index (χ2n) is 3.57. The summed E-state index contributed by atoms with van der Waals surface area (Å²) in [5.74, 6) is -1.58. The van der Waals surface area contributed by atoms with Crippen LogP contribution in [0.5, 0.6) is 5.88 Å². The SMILES string of the molecule is COc1cccc(Sc2ccc(F)c(C(=O)O)c2)n1. The molecule has 0 unspecified atom stereocenters. The van der Waals surface area contributed by atoms with Gasteiger partial charge in [-0.2, -0.15) is 0 Å². The zero-order valence-electron chi connectivity index (χ0n) is 9.96. The maximum absolute atomic E-state index is 13.3. The summed E-state index contributed by atoms with van der Waals surface area (Å²) in [5.41, 5.74) is -0.354. The Morgan fingerprint density at radius 1 is 1.37 bits per heavy atom. The Morgan fingerprint density at radius 2 is 2.16 bits per heavy atom. The molecule has 0 radical (unpaired) electrons. The molecule has 2 rings (SSSR count). The molecule has 1 aromatic carbocycles. The van der Waals surface area contributed by atoms with E-state index >= 15 is 0 Å². The van der Waals surface area contributed by atoms with Gasteiger partial charge in [0, 0.05) is 11.0 Å². The molecule has 0 atom stereocenters. The highest BCUT2D eigenvalue weighted by molar-refractivity contribution is 7.99. The van der Waals surface area contributed by atoms with E-state index in [0.717, 1.165) is 6.07 Å². The number of carboxylic acids is 1. The number of rotatable bonds is 4. The van der Waals surface area contributed by atoms with Crippen LogP contribution < -0.4 is 4.74 Å². The summed E-state index contributed by atoms with van der Waals surface area (Å²) in [5, 5.41) is 9.49.